The van der Waals surface area contributed by atoms with E-state index in [-0.39, 0.29) is 43.0 Å². The second kappa shape index (κ2) is 8.02. The van der Waals surface area contributed by atoms with Crippen molar-refractivity contribution in [2.45, 2.75) is 26.8 Å². The first kappa shape index (κ1) is 21.1. The van der Waals surface area contributed by atoms with E-state index < -0.39 is 6.04 Å². The lowest BCUT2D eigenvalue weighted by Crippen LogP contribution is -2.44. The smallest absolute Gasteiger partial charge is 0.327 e. The van der Waals surface area contributed by atoms with Crippen LogP contribution in [0.15, 0.2) is 18.2 Å². The van der Waals surface area contributed by atoms with Gasteiger partial charge in [0.05, 0.1) is 26.8 Å². The van der Waals surface area contributed by atoms with Crippen molar-refractivity contribution in [1.29, 1.82) is 0 Å². The van der Waals surface area contributed by atoms with Crippen molar-refractivity contribution in [2.24, 2.45) is 5.41 Å². The van der Waals surface area contributed by atoms with E-state index in [0.29, 0.717) is 24.4 Å². The Morgan fingerprint density at radius 2 is 1.93 bits per heavy atom. The molecule has 158 valence electrons. The highest BCUT2D eigenvalue weighted by atomic mass is 16.5. The average Bonchev–Trinajstić information content (AvgIpc) is 2.81. The molecule has 8 heteroatoms. The summed E-state index contributed by atoms with van der Waals surface area (Å²) in [6, 6.07) is 4.38. The summed E-state index contributed by atoms with van der Waals surface area (Å²) >= 11 is 0. The maximum Gasteiger partial charge on any atom is 0.327 e. The van der Waals surface area contributed by atoms with Crippen molar-refractivity contribution in [3.63, 3.8) is 0 Å². The molecular weight excluding hydrogens is 374 g/mol. The summed E-state index contributed by atoms with van der Waals surface area (Å²) in [5, 5.41) is 0. The number of methoxy groups -OCH3 is 2. The Labute approximate surface area is 171 Å². The third kappa shape index (κ3) is 3.94. The summed E-state index contributed by atoms with van der Waals surface area (Å²) in [6.45, 7) is 7.39. The summed E-state index contributed by atoms with van der Waals surface area (Å²) < 4.78 is 10.4. The molecular formula is C21H29N3O5. The molecule has 0 bridgehead atoms. The van der Waals surface area contributed by atoms with Crippen LogP contribution in [-0.4, -0.2) is 85.6 Å². The average molecular weight is 403 g/mol. The molecule has 4 amide bonds. The first-order valence-electron chi connectivity index (χ1n) is 9.74. The molecule has 0 aliphatic carbocycles. The molecule has 3 rings (SSSR count). The normalized spacial score (nSPS) is 21.3. The zero-order valence-corrected chi connectivity index (χ0v) is 17.7. The maximum atomic E-state index is 13.4. The zero-order chi connectivity index (χ0) is 21.3. The molecule has 2 saturated heterocycles. The van der Waals surface area contributed by atoms with Crippen LogP contribution >= 0.6 is 0 Å². The van der Waals surface area contributed by atoms with Crippen LogP contribution in [-0.2, 0) is 9.53 Å². The van der Waals surface area contributed by atoms with Gasteiger partial charge >= 0.3 is 6.03 Å². The number of hydrogen-bond acceptors (Lipinski definition) is 5. The second-order valence-electron chi connectivity index (χ2n) is 8.39. The van der Waals surface area contributed by atoms with Crippen molar-refractivity contribution in [1.82, 2.24) is 14.7 Å². The van der Waals surface area contributed by atoms with Gasteiger partial charge in [0.15, 0.2) is 0 Å². The third-order valence-corrected chi connectivity index (χ3v) is 5.56. The molecule has 0 aromatic heterocycles. The summed E-state index contributed by atoms with van der Waals surface area (Å²) in [7, 11) is 3.10. The summed E-state index contributed by atoms with van der Waals surface area (Å²) in [6.07, 6.45) is 0. The van der Waals surface area contributed by atoms with Gasteiger partial charge in [0.1, 0.15) is 11.8 Å². The quantitative estimate of drug-likeness (QED) is 0.700. The van der Waals surface area contributed by atoms with Crippen LogP contribution in [0.1, 0.15) is 29.8 Å². The van der Waals surface area contributed by atoms with E-state index in [1.807, 2.05) is 26.8 Å². The van der Waals surface area contributed by atoms with Crippen molar-refractivity contribution in [3.8, 4) is 5.75 Å². The van der Waals surface area contributed by atoms with E-state index in [2.05, 4.69) is 0 Å². The highest BCUT2D eigenvalue weighted by Gasteiger charge is 2.50. The van der Waals surface area contributed by atoms with Gasteiger partial charge in [0, 0.05) is 36.7 Å². The van der Waals surface area contributed by atoms with E-state index in [1.165, 1.54) is 12.0 Å². The summed E-state index contributed by atoms with van der Waals surface area (Å²) in [4.78, 5) is 43.7. The Balaban J connectivity index is 1.91. The lowest BCUT2D eigenvalue weighted by molar-refractivity contribution is -0.128. The fourth-order valence-corrected chi connectivity index (χ4v) is 4.13. The van der Waals surface area contributed by atoms with Crippen LogP contribution in [0.5, 0.6) is 5.75 Å². The molecule has 0 spiro atoms. The third-order valence-electron chi connectivity index (χ3n) is 5.56. The molecule has 2 fully saturated rings. The standard InChI is InChI=1S/C21H29N3O5/c1-14-15(7-6-8-17(14)29-5)18(25)22-11-16-19(26)23(9-10-28-4)20(27)24(16)13-21(2,3)12-22/h6-8,16H,9-13H2,1-5H3. The molecule has 0 saturated carbocycles. The van der Waals surface area contributed by atoms with Crippen LogP contribution in [0.2, 0.25) is 0 Å². The molecule has 2 heterocycles. The first-order chi connectivity index (χ1) is 13.7. The lowest BCUT2D eigenvalue weighted by atomic mass is 9.92. The predicted octanol–water partition coefficient (Wildman–Crippen LogP) is 1.76. The van der Waals surface area contributed by atoms with E-state index in [0.717, 1.165) is 5.56 Å². The minimum atomic E-state index is -0.670. The number of amides is 4. The minimum Gasteiger partial charge on any atom is -0.496 e. The van der Waals surface area contributed by atoms with Gasteiger partial charge in [0.2, 0.25) is 0 Å². The van der Waals surface area contributed by atoms with Crippen LogP contribution in [0.25, 0.3) is 0 Å². The number of nitrogens with zero attached hydrogens (tertiary/aromatic N) is 3. The molecule has 1 unspecified atom stereocenters. The highest BCUT2D eigenvalue weighted by Crippen LogP contribution is 2.31. The van der Waals surface area contributed by atoms with Crippen molar-refractivity contribution in [2.75, 3.05) is 47.0 Å². The Hall–Kier alpha value is -2.61. The van der Waals surface area contributed by atoms with Crippen LogP contribution in [0.3, 0.4) is 0 Å². The van der Waals surface area contributed by atoms with Gasteiger partial charge < -0.3 is 19.3 Å². The number of ether oxygens (including phenoxy) is 2. The van der Waals surface area contributed by atoms with Gasteiger partial charge in [-0.2, -0.15) is 0 Å². The fourth-order valence-electron chi connectivity index (χ4n) is 4.13. The Morgan fingerprint density at radius 3 is 2.59 bits per heavy atom. The molecule has 1 aromatic carbocycles. The number of carbonyl (C=O) groups is 3. The molecule has 8 nitrogen and oxygen atoms in total. The number of carbonyl (C=O) groups excluding carboxylic acids is 3. The molecule has 29 heavy (non-hydrogen) atoms. The lowest BCUT2D eigenvalue weighted by Gasteiger charge is -2.31. The molecule has 0 N–H and O–H groups in total. The number of imide groups is 1. The summed E-state index contributed by atoms with van der Waals surface area (Å²) in [5.74, 6) is 0.209. The van der Waals surface area contributed by atoms with Crippen molar-refractivity contribution >= 4 is 17.8 Å². The Morgan fingerprint density at radius 1 is 1.21 bits per heavy atom. The van der Waals surface area contributed by atoms with Gasteiger partial charge in [0.25, 0.3) is 11.8 Å². The minimum absolute atomic E-state index is 0.160. The second-order valence-corrected chi connectivity index (χ2v) is 8.39. The Bertz CT molecular complexity index is 823. The molecule has 0 radical (unpaired) electrons. The van der Waals surface area contributed by atoms with Crippen molar-refractivity contribution < 1.29 is 23.9 Å². The van der Waals surface area contributed by atoms with Gasteiger partial charge in [-0.25, -0.2) is 4.79 Å². The van der Waals surface area contributed by atoms with E-state index in [4.69, 9.17) is 9.47 Å². The van der Waals surface area contributed by atoms with Gasteiger partial charge in [-0.15, -0.1) is 0 Å². The number of benzene rings is 1. The van der Waals surface area contributed by atoms with Crippen LogP contribution in [0, 0.1) is 12.3 Å². The molecule has 1 atom stereocenters. The van der Waals surface area contributed by atoms with Crippen molar-refractivity contribution in [3.05, 3.63) is 29.3 Å². The molecule has 2 aliphatic heterocycles. The van der Waals surface area contributed by atoms with E-state index >= 15 is 0 Å². The highest BCUT2D eigenvalue weighted by molar-refractivity contribution is 6.05. The molecule has 2 aliphatic rings. The van der Waals surface area contributed by atoms with Gasteiger partial charge in [-0.05, 0) is 19.1 Å². The summed E-state index contributed by atoms with van der Waals surface area (Å²) in [5.41, 5.74) is 0.945. The van der Waals surface area contributed by atoms with Crippen LogP contribution in [0.4, 0.5) is 4.79 Å². The number of fused-ring (bicyclic) bond motifs is 1. The van der Waals surface area contributed by atoms with E-state index in [9.17, 15) is 14.4 Å². The van der Waals surface area contributed by atoms with Crippen LogP contribution < -0.4 is 4.74 Å². The van der Waals surface area contributed by atoms with E-state index in [1.54, 1.807) is 29.0 Å². The SMILES string of the molecule is COCCN1C(=O)C2CN(C(=O)c3cccc(OC)c3C)CC(C)(C)CN2C1=O. The van der Waals surface area contributed by atoms with Gasteiger partial charge in [-0.1, -0.05) is 19.9 Å². The van der Waals surface area contributed by atoms with Gasteiger partial charge in [-0.3, -0.25) is 14.5 Å². The Kier molecular flexibility index (Phi) is 5.84. The number of rotatable bonds is 5. The first-order valence-corrected chi connectivity index (χ1v) is 9.74. The monoisotopic (exact) mass is 403 g/mol. The number of urea groups is 1. The number of hydrogen-bond donors (Lipinski definition) is 0. The molecule has 1 aromatic rings. The maximum absolute atomic E-state index is 13.4. The zero-order valence-electron chi connectivity index (χ0n) is 17.7. The largest absolute Gasteiger partial charge is 0.496 e. The predicted molar refractivity (Wildman–Crippen MR) is 107 cm³/mol. The topological polar surface area (TPSA) is 79.4 Å². The fraction of sp³-hybridized carbons (Fsp3) is 0.571.